The number of methoxy groups -OCH3 is 1. The van der Waals surface area contributed by atoms with Gasteiger partial charge in [-0.15, -0.1) is 0 Å². The smallest absolute Gasteiger partial charge is 0.335 e. The van der Waals surface area contributed by atoms with Crippen molar-refractivity contribution >= 4 is 11.7 Å². The minimum atomic E-state index is -0.409. The van der Waals surface area contributed by atoms with E-state index in [1.165, 1.54) is 25.5 Å². The molecule has 2 aromatic carbocycles. The van der Waals surface area contributed by atoms with E-state index in [4.69, 9.17) is 15.3 Å². The molecule has 0 bridgehead atoms. The third-order valence-electron chi connectivity index (χ3n) is 4.22. The van der Waals surface area contributed by atoms with E-state index >= 15 is 0 Å². The summed E-state index contributed by atoms with van der Waals surface area (Å²) in [5.41, 5.74) is 2.63. The molecule has 0 unspecified atom stereocenters. The minimum absolute atomic E-state index is 0.289. The predicted molar refractivity (Wildman–Crippen MR) is 96.7 cm³/mol. The number of benzene rings is 2. The van der Waals surface area contributed by atoms with Gasteiger partial charge in [-0.1, -0.05) is 24.3 Å². The van der Waals surface area contributed by atoms with Gasteiger partial charge >= 0.3 is 6.03 Å². The number of hydrogen-bond donors (Lipinski definition) is 2. The summed E-state index contributed by atoms with van der Waals surface area (Å²) >= 11 is 0. The van der Waals surface area contributed by atoms with Crippen LogP contribution >= 0.6 is 0 Å². The lowest BCUT2D eigenvalue weighted by molar-refractivity contribution is 0.223. The number of carbonyl (C=O) groups excluding carboxylic acids is 1. The van der Waals surface area contributed by atoms with Gasteiger partial charge < -0.3 is 14.8 Å². The highest BCUT2D eigenvalue weighted by molar-refractivity contribution is 5.90. The fourth-order valence-electron chi connectivity index (χ4n) is 2.72. The maximum absolute atomic E-state index is 11.9. The largest absolute Gasteiger partial charge is 0.496 e. The Morgan fingerprint density at radius 1 is 1.20 bits per heavy atom. The zero-order valence-electron chi connectivity index (χ0n) is 14.5. The third-order valence-corrected chi connectivity index (χ3v) is 4.22. The fraction of sp³-hybridized carbons (Fsp3) is 0.316. The van der Waals surface area contributed by atoms with Crippen LogP contribution in [0.25, 0.3) is 0 Å². The minimum Gasteiger partial charge on any atom is -0.496 e. The molecule has 1 fully saturated rings. The van der Waals surface area contributed by atoms with E-state index in [1.807, 2.05) is 30.3 Å². The summed E-state index contributed by atoms with van der Waals surface area (Å²) in [6.45, 7) is 0.289. The Hall–Kier alpha value is -2.73. The quantitative estimate of drug-likeness (QED) is 0.479. The Morgan fingerprint density at radius 2 is 1.92 bits per heavy atom. The van der Waals surface area contributed by atoms with Crippen LogP contribution in [0, 0.1) is 0 Å². The van der Waals surface area contributed by atoms with Crippen molar-refractivity contribution in [1.82, 2.24) is 5.01 Å². The summed E-state index contributed by atoms with van der Waals surface area (Å²) in [4.78, 5) is 11.9. The second kappa shape index (κ2) is 7.44. The molecule has 6 heteroatoms. The van der Waals surface area contributed by atoms with E-state index < -0.39 is 6.03 Å². The van der Waals surface area contributed by atoms with Crippen LogP contribution in [-0.2, 0) is 6.61 Å². The monoisotopic (exact) mass is 341 g/mol. The lowest BCUT2D eigenvalue weighted by Gasteiger charge is -2.18. The first-order valence-electron chi connectivity index (χ1n) is 8.27. The van der Waals surface area contributed by atoms with Crippen molar-refractivity contribution in [2.45, 2.75) is 25.4 Å². The van der Waals surface area contributed by atoms with Gasteiger partial charge in [0.25, 0.3) is 0 Å². The number of anilines is 1. The molecule has 0 saturated heterocycles. The van der Waals surface area contributed by atoms with Gasteiger partial charge in [-0.05, 0) is 42.5 Å². The Balaban J connectivity index is 1.82. The summed E-state index contributed by atoms with van der Waals surface area (Å²) < 4.78 is 11.5. The first kappa shape index (κ1) is 17.1. The molecule has 25 heavy (non-hydrogen) atoms. The molecule has 1 aliphatic rings. The number of nitrogens with one attached hydrogen (secondary N) is 1. The average molecular weight is 341 g/mol. The number of carbonyl (C=O) groups is 1. The van der Waals surface area contributed by atoms with E-state index in [2.05, 4.69) is 11.4 Å². The molecule has 0 aromatic heterocycles. The number of ether oxygens (including phenoxy) is 2. The second-order valence-corrected chi connectivity index (χ2v) is 6.13. The van der Waals surface area contributed by atoms with Crippen LogP contribution in [0.15, 0.2) is 42.5 Å². The van der Waals surface area contributed by atoms with E-state index in [-0.39, 0.29) is 6.61 Å². The number of urea groups is 1. The highest BCUT2D eigenvalue weighted by atomic mass is 16.5. The molecule has 0 heterocycles. The number of hydrogen-bond acceptors (Lipinski definition) is 4. The van der Waals surface area contributed by atoms with Crippen molar-refractivity contribution in [3.05, 3.63) is 53.6 Å². The van der Waals surface area contributed by atoms with E-state index in [0.29, 0.717) is 17.4 Å². The molecule has 6 nitrogen and oxygen atoms in total. The van der Waals surface area contributed by atoms with Crippen molar-refractivity contribution in [1.29, 1.82) is 0 Å². The van der Waals surface area contributed by atoms with Gasteiger partial charge in [0.15, 0.2) is 0 Å². The Kier molecular flexibility index (Phi) is 5.09. The first-order valence-corrected chi connectivity index (χ1v) is 8.27. The number of rotatable bonds is 6. The van der Waals surface area contributed by atoms with Crippen LogP contribution in [0.2, 0.25) is 0 Å². The average Bonchev–Trinajstić information content (AvgIpc) is 3.45. The third kappa shape index (κ3) is 4.03. The van der Waals surface area contributed by atoms with Gasteiger partial charge in [-0.3, -0.25) is 5.01 Å². The van der Waals surface area contributed by atoms with Crippen LogP contribution in [0.3, 0.4) is 0 Å². The molecule has 0 atom stereocenters. The molecule has 0 spiro atoms. The van der Waals surface area contributed by atoms with Crippen LogP contribution < -0.4 is 20.6 Å². The highest BCUT2D eigenvalue weighted by Gasteiger charge is 2.26. The summed E-state index contributed by atoms with van der Waals surface area (Å²) in [5.74, 6) is 7.62. The number of hydrazine groups is 1. The lowest BCUT2D eigenvalue weighted by atomic mass is 10.1. The van der Waals surface area contributed by atoms with E-state index in [0.717, 1.165) is 16.3 Å². The van der Waals surface area contributed by atoms with Crippen LogP contribution in [-0.4, -0.2) is 25.2 Å². The molecule has 3 rings (SSSR count). The maximum atomic E-state index is 11.9. The number of para-hydroxylation sites is 1. The number of nitrogens with zero attached hydrogens (tertiary/aromatic N) is 1. The molecule has 3 N–H and O–H groups in total. The molecule has 2 aromatic rings. The predicted octanol–water partition coefficient (Wildman–Crippen LogP) is 3.49. The SMILES string of the molecule is COc1cccc(NC(=O)N(C)N)c1COc1ccccc1C1CC1. The summed E-state index contributed by atoms with van der Waals surface area (Å²) in [6.07, 6.45) is 2.42. The molecule has 1 saturated carbocycles. The highest BCUT2D eigenvalue weighted by Crippen LogP contribution is 2.44. The van der Waals surface area contributed by atoms with E-state index in [9.17, 15) is 4.79 Å². The molecule has 1 aliphatic carbocycles. The summed E-state index contributed by atoms with van der Waals surface area (Å²) in [5, 5.41) is 3.77. The van der Waals surface area contributed by atoms with Gasteiger partial charge in [0.05, 0.1) is 18.4 Å². The van der Waals surface area contributed by atoms with E-state index in [1.54, 1.807) is 13.2 Å². The van der Waals surface area contributed by atoms with Crippen molar-refractivity contribution in [3.63, 3.8) is 0 Å². The Bertz CT molecular complexity index is 757. The molecular weight excluding hydrogens is 318 g/mol. The molecule has 132 valence electrons. The topological polar surface area (TPSA) is 76.8 Å². The van der Waals surface area contributed by atoms with Crippen LogP contribution in [0.5, 0.6) is 11.5 Å². The first-order chi connectivity index (χ1) is 12.1. The van der Waals surface area contributed by atoms with Gasteiger partial charge in [0.1, 0.15) is 18.1 Å². The molecule has 0 radical (unpaired) electrons. The Morgan fingerprint density at radius 3 is 2.60 bits per heavy atom. The Labute approximate surface area is 147 Å². The molecule has 0 aliphatic heterocycles. The summed E-state index contributed by atoms with van der Waals surface area (Å²) in [6, 6.07) is 13.1. The van der Waals surface area contributed by atoms with Gasteiger partial charge in [-0.25, -0.2) is 10.6 Å². The number of nitrogens with two attached hydrogens (primary N) is 1. The van der Waals surface area contributed by atoms with Gasteiger partial charge in [0, 0.05) is 7.05 Å². The van der Waals surface area contributed by atoms with Crippen molar-refractivity contribution < 1.29 is 14.3 Å². The van der Waals surface area contributed by atoms with Crippen molar-refractivity contribution in [2.24, 2.45) is 5.84 Å². The zero-order valence-corrected chi connectivity index (χ0v) is 14.5. The molecule has 2 amide bonds. The standard InChI is InChI=1S/C19H23N3O3/c1-22(20)19(23)21-16-7-5-9-17(24-2)15(16)12-25-18-8-4-3-6-14(18)13-10-11-13/h3-9,13H,10-12,20H2,1-2H3,(H,21,23). The van der Waals surface area contributed by atoms with Crippen LogP contribution in [0.1, 0.15) is 29.9 Å². The van der Waals surface area contributed by atoms with Crippen molar-refractivity contribution in [3.8, 4) is 11.5 Å². The van der Waals surface area contributed by atoms with Crippen molar-refractivity contribution in [2.75, 3.05) is 19.5 Å². The van der Waals surface area contributed by atoms with Gasteiger partial charge in [0.2, 0.25) is 0 Å². The fourth-order valence-corrected chi connectivity index (χ4v) is 2.72. The second-order valence-electron chi connectivity index (χ2n) is 6.13. The zero-order chi connectivity index (χ0) is 17.8. The maximum Gasteiger partial charge on any atom is 0.335 e. The van der Waals surface area contributed by atoms with Gasteiger partial charge in [-0.2, -0.15) is 0 Å². The lowest BCUT2D eigenvalue weighted by Crippen LogP contribution is -2.37. The van der Waals surface area contributed by atoms with Crippen LogP contribution in [0.4, 0.5) is 10.5 Å². The molecular formula is C19H23N3O3. The summed E-state index contributed by atoms with van der Waals surface area (Å²) in [7, 11) is 3.08. The number of amides is 2. The normalized spacial score (nSPS) is 13.2.